The van der Waals surface area contributed by atoms with E-state index in [9.17, 15) is 9.90 Å². The molecule has 0 aromatic rings. The fourth-order valence-electron chi connectivity index (χ4n) is 3.74. The van der Waals surface area contributed by atoms with Crippen LogP contribution in [0.2, 0.25) is 0 Å². The number of allylic oxidation sites excluding steroid dienone is 21. The smallest absolute Gasteiger partial charge is 0.186 e. The van der Waals surface area contributed by atoms with Gasteiger partial charge in [-0.25, -0.2) is 0 Å². The van der Waals surface area contributed by atoms with E-state index in [1.165, 1.54) is 22.3 Å². The minimum Gasteiger partial charge on any atom is -0.390 e. The highest BCUT2D eigenvalue weighted by atomic mass is 16.5. The molecule has 0 heterocycles. The molecule has 3 nitrogen and oxygen atoms in total. The lowest BCUT2D eigenvalue weighted by Crippen LogP contribution is -2.32. The van der Waals surface area contributed by atoms with Crippen LogP contribution in [0.1, 0.15) is 101 Å². The van der Waals surface area contributed by atoms with Crippen molar-refractivity contribution in [2.75, 3.05) is 7.11 Å². The van der Waals surface area contributed by atoms with Crippen molar-refractivity contribution >= 4 is 5.78 Å². The molecule has 0 bridgehead atoms. The van der Waals surface area contributed by atoms with Crippen molar-refractivity contribution in [3.05, 3.63) is 131 Å². The van der Waals surface area contributed by atoms with Gasteiger partial charge in [-0.1, -0.05) is 125 Å². The van der Waals surface area contributed by atoms with Crippen molar-refractivity contribution in [2.45, 2.75) is 113 Å². The third kappa shape index (κ3) is 23.2. The van der Waals surface area contributed by atoms with E-state index in [0.29, 0.717) is 0 Å². The summed E-state index contributed by atoms with van der Waals surface area (Å²) in [5.74, 6) is -0.0562. The summed E-state index contributed by atoms with van der Waals surface area (Å²) >= 11 is 0. The fourth-order valence-corrected chi connectivity index (χ4v) is 3.74. The van der Waals surface area contributed by atoms with Crippen molar-refractivity contribution in [3.63, 3.8) is 0 Å². The van der Waals surface area contributed by atoms with E-state index >= 15 is 0 Å². The van der Waals surface area contributed by atoms with Crippen molar-refractivity contribution in [1.29, 1.82) is 0 Å². The van der Waals surface area contributed by atoms with E-state index in [2.05, 4.69) is 101 Å². The number of aliphatic hydroxyl groups is 1. The Bertz CT molecular complexity index is 1220. The number of hydrogen-bond donors (Lipinski definition) is 1. The highest BCUT2D eigenvalue weighted by Crippen LogP contribution is 2.17. The van der Waals surface area contributed by atoms with Crippen LogP contribution in [0.4, 0.5) is 0 Å². The Kier molecular flexibility index (Phi) is 20.6. The zero-order chi connectivity index (χ0) is 33.6. The van der Waals surface area contributed by atoms with Crippen LogP contribution in [0.15, 0.2) is 131 Å². The predicted molar refractivity (Wildman–Crippen MR) is 194 cm³/mol. The normalized spacial score (nSPS) is 15.8. The monoisotopic (exact) mass is 600 g/mol. The molecule has 242 valence electrons. The minimum absolute atomic E-state index is 0.0562. The maximum absolute atomic E-state index is 12.1. The molecule has 0 rings (SSSR count). The maximum atomic E-state index is 12.1. The van der Waals surface area contributed by atoms with Gasteiger partial charge < -0.3 is 9.84 Å². The Morgan fingerprint density at radius 2 is 1.07 bits per heavy atom. The summed E-state index contributed by atoms with van der Waals surface area (Å²) in [7, 11) is 1.54. The molecule has 0 aliphatic rings. The second-order valence-corrected chi connectivity index (χ2v) is 12.8. The third-order valence-electron chi connectivity index (χ3n) is 7.00. The van der Waals surface area contributed by atoms with Crippen LogP contribution >= 0.6 is 0 Å². The van der Waals surface area contributed by atoms with E-state index < -0.39 is 11.2 Å². The number of rotatable bonds is 19. The van der Waals surface area contributed by atoms with Crippen LogP contribution in [0, 0.1) is 0 Å². The van der Waals surface area contributed by atoms with Crippen LogP contribution in [-0.4, -0.2) is 29.2 Å². The van der Waals surface area contributed by atoms with Crippen LogP contribution < -0.4 is 0 Å². The molecule has 0 saturated carbocycles. The summed E-state index contributed by atoms with van der Waals surface area (Å²) in [5, 5.41) is 9.83. The van der Waals surface area contributed by atoms with E-state index in [0.717, 1.165) is 43.3 Å². The molecule has 0 saturated heterocycles. The molecule has 0 atom stereocenters. The van der Waals surface area contributed by atoms with Gasteiger partial charge in [0.25, 0.3) is 0 Å². The summed E-state index contributed by atoms with van der Waals surface area (Å²) in [6.07, 6.45) is 37.8. The molecule has 0 amide bonds. The second kappa shape index (κ2) is 22.3. The molecular formula is C41H60O3. The SMILES string of the molecule is COC(C)(C)C(=O)\C=C/C(C)=C/C=C/C(C)=C/C=C/C(C)=C/C=C/C=C(C)/C=C/C=C(\C)CC/C=C(\C)CCCC(C)(C)O. The molecule has 0 aromatic carbocycles. The standard InChI is InChI=1S/C41H60O3/c1-33(21-14-23-35(3)25-16-27-37(5)29-18-32-40(7,8)43)19-12-13-20-34(2)22-15-24-36(4)26-17-28-38(6)30-31-39(42)41(9,10)44-11/h12-15,17,19-24,26-28,30-31,43H,16,18,25,29,32H2,1-11H3/b13-12+,21-14+,22-15+,26-17+,31-30-,33-19+,34-20+,35-23+,36-24+,37-27+,38-28+. The quantitative estimate of drug-likeness (QED) is 0.0911. The Balaban J connectivity index is 4.71. The van der Waals surface area contributed by atoms with Gasteiger partial charge in [0.15, 0.2) is 5.78 Å². The predicted octanol–water partition coefficient (Wildman–Crippen LogP) is 11.2. The molecule has 0 aliphatic carbocycles. The molecule has 3 heteroatoms. The molecule has 0 spiro atoms. The van der Waals surface area contributed by atoms with Crippen molar-refractivity contribution in [2.24, 2.45) is 0 Å². The van der Waals surface area contributed by atoms with E-state index in [1.807, 2.05) is 45.1 Å². The number of carbonyl (C=O) groups is 1. The lowest BCUT2D eigenvalue weighted by Gasteiger charge is -2.18. The first-order chi connectivity index (χ1) is 20.6. The molecule has 0 radical (unpaired) electrons. The van der Waals surface area contributed by atoms with Crippen molar-refractivity contribution in [3.8, 4) is 0 Å². The maximum Gasteiger partial charge on any atom is 0.186 e. The summed E-state index contributed by atoms with van der Waals surface area (Å²) in [5.41, 5.74) is 5.90. The molecule has 0 aromatic heterocycles. The average molecular weight is 601 g/mol. The topological polar surface area (TPSA) is 46.5 Å². The first-order valence-electron chi connectivity index (χ1n) is 15.8. The summed E-state index contributed by atoms with van der Waals surface area (Å²) < 4.78 is 5.21. The largest absolute Gasteiger partial charge is 0.390 e. The van der Waals surface area contributed by atoms with Gasteiger partial charge in [-0.05, 0) is 107 Å². The molecular weight excluding hydrogens is 540 g/mol. The van der Waals surface area contributed by atoms with Gasteiger partial charge >= 0.3 is 0 Å². The zero-order valence-corrected chi connectivity index (χ0v) is 29.5. The Morgan fingerprint density at radius 3 is 1.55 bits per heavy atom. The Labute approximate surface area is 270 Å². The minimum atomic E-state index is -0.802. The van der Waals surface area contributed by atoms with Crippen LogP contribution in [0.5, 0.6) is 0 Å². The van der Waals surface area contributed by atoms with E-state index in [-0.39, 0.29) is 5.78 Å². The number of ether oxygens (including phenoxy) is 1. The number of methoxy groups -OCH3 is 1. The van der Waals surface area contributed by atoms with Gasteiger partial charge in [0.1, 0.15) is 5.60 Å². The van der Waals surface area contributed by atoms with E-state index in [1.54, 1.807) is 27.0 Å². The number of hydrogen-bond acceptors (Lipinski definition) is 3. The van der Waals surface area contributed by atoms with Gasteiger partial charge in [-0.15, -0.1) is 0 Å². The Morgan fingerprint density at radius 1 is 0.614 bits per heavy atom. The molecule has 0 aliphatic heterocycles. The van der Waals surface area contributed by atoms with Crippen molar-refractivity contribution < 1.29 is 14.6 Å². The van der Waals surface area contributed by atoms with Gasteiger partial charge in [-0.3, -0.25) is 4.79 Å². The first-order valence-corrected chi connectivity index (χ1v) is 15.8. The number of ketones is 1. The molecule has 0 unspecified atom stereocenters. The highest BCUT2D eigenvalue weighted by molar-refractivity contribution is 5.96. The number of carbonyl (C=O) groups excluding carboxylic acids is 1. The Hall–Kier alpha value is -3.27. The van der Waals surface area contributed by atoms with Gasteiger partial charge in [-0.2, -0.15) is 0 Å². The van der Waals surface area contributed by atoms with Crippen molar-refractivity contribution in [1.82, 2.24) is 0 Å². The molecule has 44 heavy (non-hydrogen) atoms. The summed E-state index contributed by atoms with van der Waals surface area (Å²) in [6.45, 7) is 19.9. The van der Waals surface area contributed by atoms with Gasteiger partial charge in [0, 0.05) is 7.11 Å². The van der Waals surface area contributed by atoms with Crippen LogP contribution in [-0.2, 0) is 9.53 Å². The fraction of sp³-hybridized carbons (Fsp3) is 0.439. The lowest BCUT2D eigenvalue weighted by molar-refractivity contribution is -0.131. The third-order valence-corrected chi connectivity index (χ3v) is 7.00. The summed E-state index contributed by atoms with van der Waals surface area (Å²) in [6, 6.07) is 0. The van der Waals surface area contributed by atoms with Gasteiger partial charge in [0.2, 0.25) is 0 Å². The first kappa shape index (κ1) is 40.7. The van der Waals surface area contributed by atoms with Gasteiger partial charge in [0.05, 0.1) is 5.60 Å². The molecule has 1 N–H and O–H groups in total. The van der Waals surface area contributed by atoms with E-state index in [4.69, 9.17) is 4.74 Å². The highest BCUT2D eigenvalue weighted by Gasteiger charge is 2.23. The lowest BCUT2D eigenvalue weighted by atomic mass is 9.99. The zero-order valence-electron chi connectivity index (χ0n) is 29.5. The second-order valence-electron chi connectivity index (χ2n) is 12.8. The molecule has 0 fully saturated rings. The van der Waals surface area contributed by atoms with Crippen LogP contribution in [0.3, 0.4) is 0 Å². The summed E-state index contributed by atoms with van der Waals surface area (Å²) in [4.78, 5) is 12.1. The van der Waals surface area contributed by atoms with Crippen LogP contribution in [0.25, 0.3) is 0 Å². The average Bonchev–Trinajstić information content (AvgIpc) is 2.93.